The van der Waals surface area contributed by atoms with Crippen LogP contribution in [0.3, 0.4) is 0 Å². The first-order valence-corrected chi connectivity index (χ1v) is 6.59. The van der Waals surface area contributed by atoms with Gasteiger partial charge in [0.2, 0.25) is 5.91 Å². The molecule has 0 aliphatic rings. The van der Waals surface area contributed by atoms with E-state index in [-0.39, 0.29) is 30.8 Å². The number of aromatic nitrogens is 3. The molecule has 0 saturated carbocycles. The van der Waals surface area contributed by atoms with E-state index in [1.165, 1.54) is 11.5 Å². The zero-order valence-electron chi connectivity index (χ0n) is 11.7. The third kappa shape index (κ3) is 3.67. The number of carbonyl (C=O) groups is 1. The Labute approximate surface area is 121 Å². The van der Waals surface area contributed by atoms with E-state index < -0.39 is 0 Å². The number of fused-ring (bicyclic) bond motifs is 1. The Morgan fingerprint density at radius 2 is 2.33 bits per heavy atom. The predicted octanol–water partition coefficient (Wildman–Crippen LogP) is -0.990. The second-order valence-electron chi connectivity index (χ2n) is 4.60. The molecule has 114 valence electrons. The number of methoxy groups -OCH3 is 1. The third-order valence-corrected chi connectivity index (χ3v) is 2.99. The molecule has 1 unspecified atom stereocenters. The molecule has 0 aliphatic carbocycles. The lowest BCUT2D eigenvalue weighted by molar-refractivity contribution is -0.123. The van der Waals surface area contributed by atoms with Crippen molar-refractivity contribution in [2.75, 3.05) is 20.3 Å². The van der Waals surface area contributed by atoms with Crippen molar-refractivity contribution in [3.8, 4) is 0 Å². The Hall–Kier alpha value is -2.19. The number of amides is 1. The van der Waals surface area contributed by atoms with E-state index in [1.54, 1.807) is 24.4 Å². The number of nitrogens with zero attached hydrogens (tertiary/aromatic N) is 3. The maximum Gasteiger partial charge on any atom is 0.350 e. The first-order chi connectivity index (χ1) is 10.2. The molecule has 2 aromatic heterocycles. The van der Waals surface area contributed by atoms with Crippen molar-refractivity contribution in [1.29, 1.82) is 0 Å². The van der Waals surface area contributed by atoms with Crippen LogP contribution in [0.25, 0.3) is 5.65 Å². The van der Waals surface area contributed by atoms with Gasteiger partial charge in [0.25, 0.3) is 0 Å². The molecule has 0 aliphatic heterocycles. The van der Waals surface area contributed by atoms with Gasteiger partial charge in [-0.15, -0.1) is 5.10 Å². The van der Waals surface area contributed by atoms with Crippen molar-refractivity contribution in [3.63, 3.8) is 0 Å². The number of ether oxygens (including phenoxy) is 1. The minimum absolute atomic E-state index is 0.0530. The number of rotatable bonds is 7. The molecule has 0 fully saturated rings. The van der Waals surface area contributed by atoms with Gasteiger partial charge in [0.05, 0.1) is 12.6 Å². The van der Waals surface area contributed by atoms with E-state index in [9.17, 15) is 9.59 Å². The van der Waals surface area contributed by atoms with Crippen molar-refractivity contribution in [1.82, 2.24) is 19.5 Å². The number of hydrogen-bond donors (Lipinski definition) is 2. The summed E-state index contributed by atoms with van der Waals surface area (Å²) in [5.41, 5.74) is 0.116. The van der Waals surface area contributed by atoms with Crippen molar-refractivity contribution >= 4 is 11.6 Å². The molecule has 8 heteroatoms. The van der Waals surface area contributed by atoms with Crippen LogP contribution in [0.1, 0.15) is 6.42 Å². The smallest absolute Gasteiger partial charge is 0.350 e. The largest absolute Gasteiger partial charge is 0.396 e. The highest BCUT2D eigenvalue weighted by atomic mass is 16.5. The van der Waals surface area contributed by atoms with Gasteiger partial charge in [-0.1, -0.05) is 6.07 Å². The fraction of sp³-hybridized carbons (Fsp3) is 0.462. The van der Waals surface area contributed by atoms with Gasteiger partial charge in [-0.25, -0.2) is 9.48 Å². The van der Waals surface area contributed by atoms with E-state index in [0.717, 1.165) is 4.68 Å². The Morgan fingerprint density at radius 1 is 1.52 bits per heavy atom. The zero-order valence-corrected chi connectivity index (χ0v) is 11.7. The Morgan fingerprint density at radius 3 is 3.00 bits per heavy atom. The maximum atomic E-state index is 12.0. The quantitative estimate of drug-likeness (QED) is 0.683. The summed E-state index contributed by atoms with van der Waals surface area (Å²) in [5, 5.41) is 15.7. The molecule has 2 rings (SSSR count). The fourth-order valence-electron chi connectivity index (χ4n) is 2.03. The Kier molecular flexibility index (Phi) is 5.07. The average molecular weight is 294 g/mol. The van der Waals surface area contributed by atoms with E-state index in [0.29, 0.717) is 18.7 Å². The Balaban J connectivity index is 2.07. The summed E-state index contributed by atoms with van der Waals surface area (Å²) in [6.07, 6.45) is 1.98. The van der Waals surface area contributed by atoms with Crippen LogP contribution in [0, 0.1) is 0 Å². The van der Waals surface area contributed by atoms with Crippen molar-refractivity contribution in [2.45, 2.75) is 19.0 Å². The molecular formula is C13H18N4O4. The number of carbonyl (C=O) groups excluding carboxylic acids is 1. The number of nitrogens with one attached hydrogen (secondary N) is 1. The number of hydrogen-bond acceptors (Lipinski definition) is 5. The lowest BCUT2D eigenvalue weighted by atomic mass is 10.2. The van der Waals surface area contributed by atoms with Crippen LogP contribution < -0.4 is 11.0 Å². The molecule has 0 aromatic carbocycles. The number of aliphatic hydroxyl groups excluding tert-OH is 1. The molecule has 8 nitrogen and oxygen atoms in total. The molecule has 1 amide bonds. The van der Waals surface area contributed by atoms with Crippen LogP contribution in [0.2, 0.25) is 0 Å². The van der Waals surface area contributed by atoms with Gasteiger partial charge in [-0.3, -0.25) is 9.20 Å². The molecule has 1 atom stereocenters. The average Bonchev–Trinajstić information content (AvgIpc) is 2.76. The molecule has 0 bridgehead atoms. The van der Waals surface area contributed by atoms with E-state index in [4.69, 9.17) is 9.84 Å². The summed E-state index contributed by atoms with van der Waals surface area (Å²) in [7, 11) is 1.52. The summed E-state index contributed by atoms with van der Waals surface area (Å²) in [5.74, 6) is -0.351. The second-order valence-corrected chi connectivity index (χ2v) is 4.60. The van der Waals surface area contributed by atoms with E-state index in [1.807, 2.05) is 0 Å². The molecular weight excluding hydrogens is 276 g/mol. The van der Waals surface area contributed by atoms with Crippen LogP contribution in [0.5, 0.6) is 0 Å². The van der Waals surface area contributed by atoms with Crippen LogP contribution in [0.15, 0.2) is 29.2 Å². The number of pyridine rings is 1. The molecule has 0 spiro atoms. The minimum atomic E-state index is -0.369. The van der Waals surface area contributed by atoms with Gasteiger partial charge in [0.15, 0.2) is 5.65 Å². The molecule has 2 aromatic rings. The van der Waals surface area contributed by atoms with Crippen molar-refractivity contribution < 1.29 is 14.6 Å². The topological polar surface area (TPSA) is 97.9 Å². The SMILES string of the molecule is COCC(CCO)NC(=O)Cn1nc2ccccn2c1=O. The van der Waals surface area contributed by atoms with Crippen LogP contribution in [-0.4, -0.2) is 51.6 Å². The predicted molar refractivity (Wildman–Crippen MR) is 75.0 cm³/mol. The van der Waals surface area contributed by atoms with Gasteiger partial charge in [-0.2, -0.15) is 0 Å². The highest BCUT2D eigenvalue weighted by molar-refractivity contribution is 5.76. The van der Waals surface area contributed by atoms with Crippen molar-refractivity contribution in [3.05, 3.63) is 34.9 Å². The fourth-order valence-corrected chi connectivity index (χ4v) is 2.03. The lowest BCUT2D eigenvalue weighted by Crippen LogP contribution is -2.41. The first kappa shape index (κ1) is 15.2. The van der Waals surface area contributed by atoms with Gasteiger partial charge in [0.1, 0.15) is 6.54 Å². The van der Waals surface area contributed by atoms with Crippen LogP contribution >= 0.6 is 0 Å². The summed E-state index contributed by atoms with van der Waals surface area (Å²) >= 11 is 0. The summed E-state index contributed by atoms with van der Waals surface area (Å²) in [6.45, 7) is 0.0706. The maximum absolute atomic E-state index is 12.0. The molecule has 21 heavy (non-hydrogen) atoms. The van der Waals surface area contributed by atoms with E-state index in [2.05, 4.69) is 10.4 Å². The first-order valence-electron chi connectivity index (χ1n) is 6.59. The van der Waals surface area contributed by atoms with Gasteiger partial charge in [0, 0.05) is 19.9 Å². The van der Waals surface area contributed by atoms with Crippen molar-refractivity contribution in [2.24, 2.45) is 0 Å². The standard InChI is InChI=1S/C13H18N4O4/c1-21-9-10(5-7-18)14-12(19)8-17-13(20)16-6-3-2-4-11(16)15-17/h2-4,6,10,18H,5,7-9H2,1H3,(H,14,19). The normalized spacial score (nSPS) is 12.5. The molecule has 0 radical (unpaired) electrons. The monoisotopic (exact) mass is 294 g/mol. The van der Waals surface area contributed by atoms with Crippen LogP contribution in [0.4, 0.5) is 0 Å². The van der Waals surface area contributed by atoms with Gasteiger partial charge < -0.3 is 15.2 Å². The highest BCUT2D eigenvalue weighted by Gasteiger charge is 2.14. The molecule has 2 N–H and O–H groups in total. The minimum Gasteiger partial charge on any atom is -0.396 e. The zero-order chi connectivity index (χ0) is 15.2. The Bertz CT molecular complexity index is 657. The molecule has 2 heterocycles. The lowest BCUT2D eigenvalue weighted by Gasteiger charge is -2.16. The summed E-state index contributed by atoms with van der Waals surface area (Å²) < 4.78 is 7.44. The van der Waals surface area contributed by atoms with Gasteiger partial charge in [-0.05, 0) is 18.6 Å². The summed E-state index contributed by atoms with van der Waals surface area (Å²) in [6, 6.07) is 4.88. The van der Waals surface area contributed by atoms with Gasteiger partial charge >= 0.3 is 5.69 Å². The summed E-state index contributed by atoms with van der Waals surface area (Å²) in [4.78, 5) is 24.0. The molecule has 0 saturated heterocycles. The number of aliphatic hydroxyl groups is 1. The van der Waals surface area contributed by atoms with Crippen LogP contribution in [-0.2, 0) is 16.1 Å². The highest BCUT2D eigenvalue weighted by Crippen LogP contribution is 1.96. The van der Waals surface area contributed by atoms with E-state index >= 15 is 0 Å². The second kappa shape index (κ2) is 7.00. The third-order valence-electron chi connectivity index (χ3n) is 2.99.